The van der Waals surface area contributed by atoms with Crippen molar-refractivity contribution in [1.82, 2.24) is 5.32 Å². The quantitative estimate of drug-likeness (QED) is 0.851. The number of aryl methyl sites for hydroxylation is 2. The molecule has 3 N–H and O–H groups in total. The molecular formula is C15H22N2O2. The molecule has 2 atom stereocenters. The number of rotatable bonds is 5. The Balaban J connectivity index is 2.90. The van der Waals surface area contributed by atoms with Crippen molar-refractivity contribution < 1.29 is 9.59 Å². The summed E-state index contributed by atoms with van der Waals surface area (Å²) in [4.78, 5) is 23.6. The van der Waals surface area contributed by atoms with Gasteiger partial charge < -0.3 is 11.1 Å². The van der Waals surface area contributed by atoms with Gasteiger partial charge >= 0.3 is 0 Å². The van der Waals surface area contributed by atoms with Gasteiger partial charge in [0.05, 0.1) is 0 Å². The summed E-state index contributed by atoms with van der Waals surface area (Å²) in [5, 5.41) is 2.72. The predicted octanol–water partition coefficient (Wildman–Crippen LogP) is 1.93. The van der Waals surface area contributed by atoms with Crippen molar-refractivity contribution in [2.45, 2.75) is 40.2 Å². The summed E-state index contributed by atoms with van der Waals surface area (Å²) >= 11 is 0. The predicted molar refractivity (Wildman–Crippen MR) is 75.8 cm³/mol. The fraction of sp³-hybridized carbons (Fsp3) is 0.467. The van der Waals surface area contributed by atoms with Crippen molar-refractivity contribution in [2.24, 2.45) is 11.7 Å². The molecule has 1 aromatic rings. The van der Waals surface area contributed by atoms with Crippen LogP contribution in [0.2, 0.25) is 0 Å². The summed E-state index contributed by atoms with van der Waals surface area (Å²) in [6.07, 6.45) is 0.779. The molecule has 0 saturated carbocycles. The molecule has 0 spiro atoms. The zero-order chi connectivity index (χ0) is 14.6. The summed E-state index contributed by atoms with van der Waals surface area (Å²) in [7, 11) is 0. The highest BCUT2D eigenvalue weighted by molar-refractivity contribution is 5.97. The molecule has 0 aliphatic heterocycles. The van der Waals surface area contributed by atoms with E-state index in [1.54, 1.807) is 12.1 Å². The van der Waals surface area contributed by atoms with E-state index in [0.29, 0.717) is 5.56 Å². The molecule has 4 heteroatoms. The Morgan fingerprint density at radius 3 is 2.16 bits per heavy atom. The Hall–Kier alpha value is -1.84. The fourth-order valence-electron chi connectivity index (χ4n) is 2.06. The normalized spacial score (nSPS) is 13.7. The maximum Gasteiger partial charge on any atom is 0.251 e. The molecule has 0 aliphatic rings. The van der Waals surface area contributed by atoms with Gasteiger partial charge in [0.2, 0.25) is 5.91 Å². The van der Waals surface area contributed by atoms with E-state index in [1.165, 1.54) is 0 Å². The summed E-state index contributed by atoms with van der Waals surface area (Å²) in [6, 6.07) is 4.98. The molecule has 0 unspecified atom stereocenters. The van der Waals surface area contributed by atoms with Crippen LogP contribution < -0.4 is 11.1 Å². The fourth-order valence-corrected chi connectivity index (χ4v) is 2.06. The van der Waals surface area contributed by atoms with Crippen molar-refractivity contribution in [3.8, 4) is 0 Å². The molecule has 0 aromatic heterocycles. The van der Waals surface area contributed by atoms with Gasteiger partial charge in [0.15, 0.2) is 0 Å². The Labute approximate surface area is 114 Å². The van der Waals surface area contributed by atoms with Crippen LogP contribution in [-0.2, 0) is 4.79 Å². The number of benzene rings is 1. The van der Waals surface area contributed by atoms with E-state index in [1.807, 2.05) is 33.8 Å². The molecule has 0 aliphatic carbocycles. The zero-order valence-electron chi connectivity index (χ0n) is 12.0. The van der Waals surface area contributed by atoms with Gasteiger partial charge in [-0.1, -0.05) is 37.5 Å². The number of hydrogen-bond donors (Lipinski definition) is 2. The third-order valence-electron chi connectivity index (χ3n) is 3.29. The first kappa shape index (κ1) is 15.2. The highest BCUT2D eigenvalue weighted by Gasteiger charge is 2.24. The van der Waals surface area contributed by atoms with Gasteiger partial charge in [0, 0.05) is 5.56 Å². The van der Waals surface area contributed by atoms with Crippen LogP contribution in [0.5, 0.6) is 0 Å². The third kappa shape index (κ3) is 4.09. The molecule has 0 bridgehead atoms. The molecule has 1 aromatic carbocycles. The van der Waals surface area contributed by atoms with E-state index in [2.05, 4.69) is 5.32 Å². The van der Waals surface area contributed by atoms with Gasteiger partial charge in [-0.2, -0.15) is 0 Å². The van der Waals surface area contributed by atoms with Crippen LogP contribution >= 0.6 is 0 Å². The van der Waals surface area contributed by atoms with Crippen LogP contribution in [0.1, 0.15) is 41.8 Å². The smallest absolute Gasteiger partial charge is 0.251 e. The minimum absolute atomic E-state index is 0.0207. The molecule has 104 valence electrons. The van der Waals surface area contributed by atoms with E-state index in [9.17, 15) is 9.59 Å². The Bertz CT molecular complexity index is 463. The van der Waals surface area contributed by atoms with Crippen LogP contribution in [0.25, 0.3) is 0 Å². The van der Waals surface area contributed by atoms with Gasteiger partial charge in [-0.15, -0.1) is 0 Å². The molecule has 0 saturated heterocycles. The second kappa shape index (κ2) is 6.36. The second-order valence-electron chi connectivity index (χ2n) is 5.12. The Kier molecular flexibility index (Phi) is 5.10. The lowest BCUT2D eigenvalue weighted by Crippen LogP contribution is -2.48. The van der Waals surface area contributed by atoms with Gasteiger partial charge in [-0.3, -0.25) is 9.59 Å². The SMILES string of the molecule is CC[C@@H](C)[C@H](NC(=O)c1cc(C)cc(C)c1)C(N)=O. The summed E-state index contributed by atoms with van der Waals surface area (Å²) in [5.74, 6) is -0.727. The molecule has 4 nitrogen and oxygen atoms in total. The molecular weight excluding hydrogens is 240 g/mol. The topological polar surface area (TPSA) is 72.2 Å². The molecule has 0 heterocycles. The van der Waals surface area contributed by atoms with E-state index in [0.717, 1.165) is 17.5 Å². The first-order valence-corrected chi connectivity index (χ1v) is 6.53. The average molecular weight is 262 g/mol. The lowest BCUT2D eigenvalue weighted by molar-refractivity contribution is -0.120. The van der Waals surface area contributed by atoms with Crippen molar-refractivity contribution in [3.63, 3.8) is 0 Å². The molecule has 0 fully saturated rings. The van der Waals surface area contributed by atoms with Crippen molar-refractivity contribution >= 4 is 11.8 Å². The van der Waals surface area contributed by atoms with Crippen LogP contribution in [-0.4, -0.2) is 17.9 Å². The summed E-state index contributed by atoms with van der Waals surface area (Å²) < 4.78 is 0. The molecule has 0 radical (unpaired) electrons. The Morgan fingerprint density at radius 2 is 1.74 bits per heavy atom. The number of nitrogens with two attached hydrogens (primary N) is 1. The zero-order valence-corrected chi connectivity index (χ0v) is 12.0. The van der Waals surface area contributed by atoms with E-state index < -0.39 is 11.9 Å². The molecule has 1 rings (SSSR count). The second-order valence-corrected chi connectivity index (χ2v) is 5.12. The van der Waals surface area contributed by atoms with Gasteiger partial charge in [0.1, 0.15) is 6.04 Å². The van der Waals surface area contributed by atoms with Crippen molar-refractivity contribution in [3.05, 3.63) is 34.9 Å². The van der Waals surface area contributed by atoms with Crippen LogP contribution in [0.3, 0.4) is 0 Å². The number of primary amides is 1. The number of hydrogen-bond acceptors (Lipinski definition) is 2. The minimum atomic E-state index is -0.627. The van der Waals surface area contributed by atoms with Crippen molar-refractivity contribution in [2.75, 3.05) is 0 Å². The molecule has 2 amide bonds. The average Bonchev–Trinajstić information content (AvgIpc) is 2.33. The minimum Gasteiger partial charge on any atom is -0.368 e. The van der Waals surface area contributed by atoms with E-state index in [4.69, 9.17) is 5.73 Å². The van der Waals surface area contributed by atoms with Crippen LogP contribution in [0.4, 0.5) is 0 Å². The van der Waals surface area contributed by atoms with Crippen molar-refractivity contribution in [1.29, 1.82) is 0 Å². The van der Waals surface area contributed by atoms with Crippen LogP contribution in [0.15, 0.2) is 18.2 Å². The monoisotopic (exact) mass is 262 g/mol. The van der Waals surface area contributed by atoms with E-state index in [-0.39, 0.29) is 11.8 Å². The highest BCUT2D eigenvalue weighted by atomic mass is 16.2. The lowest BCUT2D eigenvalue weighted by atomic mass is 9.98. The van der Waals surface area contributed by atoms with Gasteiger partial charge in [-0.25, -0.2) is 0 Å². The number of nitrogens with one attached hydrogen (secondary N) is 1. The standard InChI is InChI=1S/C15H22N2O2/c1-5-11(4)13(14(16)18)17-15(19)12-7-9(2)6-10(3)8-12/h6-8,11,13H,5H2,1-4H3,(H2,16,18)(H,17,19)/t11-,13+/m1/s1. The summed E-state index contributed by atoms with van der Waals surface area (Å²) in [6.45, 7) is 7.73. The van der Waals surface area contributed by atoms with E-state index >= 15 is 0 Å². The lowest BCUT2D eigenvalue weighted by Gasteiger charge is -2.21. The highest BCUT2D eigenvalue weighted by Crippen LogP contribution is 2.11. The third-order valence-corrected chi connectivity index (χ3v) is 3.29. The largest absolute Gasteiger partial charge is 0.368 e. The van der Waals surface area contributed by atoms with Gasteiger partial charge in [0.25, 0.3) is 5.91 Å². The maximum absolute atomic E-state index is 12.2. The first-order valence-electron chi connectivity index (χ1n) is 6.53. The number of carbonyl (C=O) groups is 2. The number of amides is 2. The van der Waals surface area contributed by atoms with Crippen LogP contribution in [0, 0.1) is 19.8 Å². The molecule has 19 heavy (non-hydrogen) atoms. The van der Waals surface area contributed by atoms with Gasteiger partial charge in [-0.05, 0) is 31.9 Å². The number of carbonyl (C=O) groups excluding carboxylic acids is 2. The maximum atomic E-state index is 12.2. The summed E-state index contributed by atoms with van der Waals surface area (Å²) in [5.41, 5.74) is 7.94. The first-order chi connectivity index (χ1) is 8.85. The Morgan fingerprint density at radius 1 is 1.21 bits per heavy atom.